The van der Waals surface area contributed by atoms with E-state index in [-0.39, 0.29) is 23.8 Å². The van der Waals surface area contributed by atoms with E-state index in [9.17, 15) is 9.59 Å². The van der Waals surface area contributed by atoms with Gasteiger partial charge in [0.15, 0.2) is 0 Å². The van der Waals surface area contributed by atoms with Crippen LogP contribution in [-0.4, -0.2) is 54.0 Å². The minimum Gasteiger partial charge on any atom is -0.354 e. The fourth-order valence-electron chi connectivity index (χ4n) is 2.19. The van der Waals surface area contributed by atoms with Crippen LogP contribution in [0.4, 0.5) is 0 Å². The van der Waals surface area contributed by atoms with Crippen molar-refractivity contribution in [2.45, 2.75) is 26.3 Å². The van der Waals surface area contributed by atoms with Gasteiger partial charge in [-0.3, -0.25) is 9.59 Å². The van der Waals surface area contributed by atoms with E-state index in [4.69, 9.17) is 0 Å². The van der Waals surface area contributed by atoms with Crippen LogP contribution in [0.2, 0.25) is 0 Å². The van der Waals surface area contributed by atoms with Crippen LogP contribution < -0.4 is 10.6 Å². The molecule has 0 saturated carbocycles. The Balaban J connectivity index is 1.86. The number of thioether (sulfide) groups is 1. The fraction of sp³-hybridized carbons (Fsp3) is 0.846. The first kappa shape index (κ1) is 14.7. The molecule has 2 amide bonds. The molecule has 2 rings (SSSR count). The van der Waals surface area contributed by atoms with Gasteiger partial charge in [-0.1, -0.05) is 13.8 Å². The molecule has 0 radical (unpaired) electrons. The number of hydrogen-bond donors (Lipinski definition) is 2. The Morgan fingerprint density at radius 1 is 1.47 bits per heavy atom. The molecule has 2 fully saturated rings. The van der Waals surface area contributed by atoms with Gasteiger partial charge < -0.3 is 15.5 Å². The Morgan fingerprint density at radius 3 is 2.79 bits per heavy atom. The van der Waals surface area contributed by atoms with Crippen LogP contribution in [0.3, 0.4) is 0 Å². The van der Waals surface area contributed by atoms with Crippen molar-refractivity contribution in [2.75, 3.05) is 31.3 Å². The Hall–Kier alpha value is -0.750. The summed E-state index contributed by atoms with van der Waals surface area (Å²) in [6, 6.07) is -0.278. The summed E-state index contributed by atoms with van der Waals surface area (Å²) in [6.45, 7) is 6.62. The van der Waals surface area contributed by atoms with Gasteiger partial charge >= 0.3 is 0 Å². The largest absolute Gasteiger partial charge is 0.354 e. The van der Waals surface area contributed by atoms with Crippen molar-refractivity contribution in [3.8, 4) is 0 Å². The molecular weight excluding hydrogens is 262 g/mol. The minimum atomic E-state index is -0.278. The van der Waals surface area contributed by atoms with Crippen molar-refractivity contribution in [2.24, 2.45) is 11.8 Å². The highest BCUT2D eigenvalue weighted by Gasteiger charge is 2.36. The SMILES string of the molecule is CCC(C)C(=O)N1CSCC1C(=O)NCC1CNC1. The van der Waals surface area contributed by atoms with Gasteiger partial charge in [0.2, 0.25) is 11.8 Å². The monoisotopic (exact) mass is 285 g/mol. The van der Waals surface area contributed by atoms with Crippen molar-refractivity contribution in [3.05, 3.63) is 0 Å². The average molecular weight is 285 g/mol. The number of rotatable bonds is 5. The van der Waals surface area contributed by atoms with Crippen LogP contribution in [0, 0.1) is 11.8 Å². The Labute approximate surface area is 118 Å². The standard InChI is InChI=1S/C13H23N3O2S/c1-3-9(2)13(18)16-8-19-7-11(16)12(17)15-6-10-4-14-5-10/h9-11,14H,3-8H2,1-2H3,(H,15,17). The number of hydrogen-bond acceptors (Lipinski definition) is 4. The van der Waals surface area contributed by atoms with Crippen LogP contribution in [0.15, 0.2) is 0 Å². The van der Waals surface area contributed by atoms with Gasteiger partial charge in [-0.15, -0.1) is 11.8 Å². The van der Waals surface area contributed by atoms with E-state index in [0.29, 0.717) is 11.8 Å². The zero-order valence-corrected chi connectivity index (χ0v) is 12.5. The van der Waals surface area contributed by atoms with Gasteiger partial charge in [0.1, 0.15) is 6.04 Å². The molecule has 2 aliphatic rings. The average Bonchev–Trinajstić information content (AvgIpc) is 2.84. The molecule has 0 aromatic rings. The maximum absolute atomic E-state index is 12.2. The third kappa shape index (κ3) is 3.42. The van der Waals surface area contributed by atoms with Gasteiger partial charge in [0.05, 0.1) is 5.88 Å². The first-order chi connectivity index (χ1) is 9.13. The van der Waals surface area contributed by atoms with E-state index in [1.807, 2.05) is 13.8 Å². The van der Waals surface area contributed by atoms with E-state index in [1.165, 1.54) is 0 Å². The highest BCUT2D eigenvalue weighted by atomic mass is 32.2. The van der Waals surface area contributed by atoms with Crippen molar-refractivity contribution in [3.63, 3.8) is 0 Å². The predicted octanol–water partition coefficient (Wildman–Crippen LogP) is 0.270. The quantitative estimate of drug-likeness (QED) is 0.761. The minimum absolute atomic E-state index is 0.00447. The number of carbonyl (C=O) groups excluding carboxylic acids is 2. The lowest BCUT2D eigenvalue weighted by Gasteiger charge is -2.29. The molecule has 2 aliphatic heterocycles. The second-order valence-corrected chi connectivity index (χ2v) is 6.40. The topological polar surface area (TPSA) is 61.4 Å². The summed E-state index contributed by atoms with van der Waals surface area (Å²) < 4.78 is 0. The van der Waals surface area contributed by atoms with Crippen LogP contribution in [-0.2, 0) is 9.59 Å². The van der Waals surface area contributed by atoms with E-state index in [1.54, 1.807) is 16.7 Å². The number of amides is 2. The van der Waals surface area contributed by atoms with Gasteiger partial charge in [-0.05, 0) is 6.42 Å². The van der Waals surface area contributed by atoms with E-state index in [0.717, 1.165) is 31.8 Å². The highest BCUT2D eigenvalue weighted by Crippen LogP contribution is 2.23. The second kappa shape index (κ2) is 6.61. The molecule has 0 bridgehead atoms. The first-order valence-corrected chi connectivity index (χ1v) is 8.15. The maximum Gasteiger partial charge on any atom is 0.243 e. The summed E-state index contributed by atoms with van der Waals surface area (Å²) in [4.78, 5) is 26.1. The molecule has 0 spiro atoms. The van der Waals surface area contributed by atoms with Crippen molar-refractivity contribution in [1.29, 1.82) is 0 Å². The molecule has 108 valence electrons. The number of carbonyl (C=O) groups is 2. The lowest BCUT2D eigenvalue weighted by atomic mass is 10.0. The Bertz CT molecular complexity index is 347. The summed E-state index contributed by atoms with van der Waals surface area (Å²) in [7, 11) is 0. The summed E-state index contributed by atoms with van der Waals surface area (Å²) in [5, 5.41) is 6.17. The van der Waals surface area contributed by atoms with Gasteiger partial charge in [0.25, 0.3) is 0 Å². The summed E-state index contributed by atoms with van der Waals surface area (Å²) >= 11 is 1.66. The highest BCUT2D eigenvalue weighted by molar-refractivity contribution is 7.99. The smallest absolute Gasteiger partial charge is 0.243 e. The molecular formula is C13H23N3O2S. The first-order valence-electron chi connectivity index (χ1n) is 7.00. The molecule has 2 N–H and O–H groups in total. The van der Waals surface area contributed by atoms with Gasteiger partial charge in [0, 0.05) is 37.2 Å². The molecule has 19 heavy (non-hydrogen) atoms. The van der Waals surface area contributed by atoms with Gasteiger partial charge in [-0.2, -0.15) is 0 Å². The second-order valence-electron chi connectivity index (χ2n) is 5.40. The molecule has 0 aromatic carbocycles. The predicted molar refractivity (Wildman–Crippen MR) is 76.8 cm³/mol. The molecule has 2 atom stereocenters. The summed E-state index contributed by atoms with van der Waals surface area (Å²) in [5.74, 6) is 2.04. The number of nitrogens with zero attached hydrogens (tertiary/aromatic N) is 1. The third-order valence-electron chi connectivity index (χ3n) is 3.93. The lowest BCUT2D eigenvalue weighted by molar-refractivity contribution is -0.140. The zero-order valence-electron chi connectivity index (χ0n) is 11.6. The zero-order chi connectivity index (χ0) is 13.8. The maximum atomic E-state index is 12.2. The van der Waals surface area contributed by atoms with Crippen molar-refractivity contribution < 1.29 is 9.59 Å². The van der Waals surface area contributed by atoms with E-state index < -0.39 is 0 Å². The van der Waals surface area contributed by atoms with E-state index >= 15 is 0 Å². The molecule has 2 unspecified atom stereocenters. The fourth-order valence-corrected chi connectivity index (χ4v) is 3.35. The van der Waals surface area contributed by atoms with Gasteiger partial charge in [-0.25, -0.2) is 0 Å². The van der Waals surface area contributed by atoms with Crippen LogP contribution in [0.5, 0.6) is 0 Å². The van der Waals surface area contributed by atoms with Crippen LogP contribution >= 0.6 is 11.8 Å². The normalized spacial score (nSPS) is 24.9. The molecule has 5 nitrogen and oxygen atoms in total. The van der Waals surface area contributed by atoms with E-state index in [2.05, 4.69) is 10.6 Å². The molecule has 2 saturated heterocycles. The third-order valence-corrected chi connectivity index (χ3v) is 4.95. The van der Waals surface area contributed by atoms with Crippen molar-refractivity contribution in [1.82, 2.24) is 15.5 Å². The van der Waals surface area contributed by atoms with Crippen molar-refractivity contribution >= 4 is 23.6 Å². The summed E-state index contributed by atoms with van der Waals surface area (Å²) in [6.07, 6.45) is 0.822. The Morgan fingerprint density at radius 2 is 2.21 bits per heavy atom. The van der Waals surface area contributed by atoms with Crippen LogP contribution in [0.25, 0.3) is 0 Å². The lowest BCUT2D eigenvalue weighted by Crippen LogP contribution is -2.53. The molecule has 0 aromatic heterocycles. The summed E-state index contributed by atoms with van der Waals surface area (Å²) in [5.41, 5.74) is 0. The molecule has 0 aliphatic carbocycles. The molecule has 6 heteroatoms. The molecule has 2 heterocycles. The number of nitrogens with one attached hydrogen (secondary N) is 2. The Kier molecular flexibility index (Phi) is 5.10. The van der Waals surface area contributed by atoms with Crippen LogP contribution in [0.1, 0.15) is 20.3 Å².